The maximum absolute atomic E-state index is 12.7. The highest BCUT2D eigenvalue weighted by Gasteiger charge is 2.32. The molecular weight excluding hydrogens is 959 g/mol. The van der Waals surface area contributed by atoms with E-state index in [9.17, 15) is 39.0 Å². The van der Waals surface area contributed by atoms with Gasteiger partial charge in [0.1, 0.15) is 53.6 Å². The van der Waals surface area contributed by atoms with Crippen LogP contribution in [-0.4, -0.2) is 134 Å². The van der Waals surface area contributed by atoms with Gasteiger partial charge in [0.25, 0.3) is 0 Å². The average Bonchev–Trinajstić information content (AvgIpc) is 3.27. The zero-order valence-electron chi connectivity index (χ0n) is 45.0. The Morgan fingerprint density at radius 2 is 0.817 bits per heavy atom. The number of carbonyl (C=O) groups is 6. The van der Waals surface area contributed by atoms with Crippen LogP contribution >= 0.6 is 0 Å². The largest absolute Gasteiger partial charge is 1.00 e. The third kappa shape index (κ3) is 42.9. The van der Waals surface area contributed by atoms with Gasteiger partial charge in [0, 0.05) is 19.3 Å². The Hall–Kier alpha value is -3.28. The molecule has 0 fully saturated rings. The molecule has 0 heterocycles. The van der Waals surface area contributed by atoms with Crippen molar-refractivity contribution < 1.29 is 102 Å². The number of esters is 4. The van der Waals surface area contributed by atoms with Crippen molar-refractivity contribution in [3.8, 4) is 0 Å². The Kier molecular flexibility index (Phi) is 46.0. The molecule has 0 aliphatic rings. The summed E-state index contributed by atoms with van der Waals surface area (Å²) in [6.07, 6.45) is 25.3. The molecule has 0 spiro atoms. The van der Waals surface area contributed by atoms with Gasteiger partial charge in [0.2, 0.25) is 13.1 Å². The van der Waals surface area contributed by atoms with Crippen LogP contribution < -0.4 is 24.8 Å². The van der Waals surface area contributed by atoms with Gasteiger partial charge >= 0.3 is 35.8 Å². The summed E-state index contributed by atoms with van der Waals surface area (Å²) in [5.74, 6) is -2.41. The number of hydrogen-bond acceptors (Lipinski definition) is 14. The minimum Gasteiger partial charge on any atom is -1.00 e. The lowest BCUT2D eigenvalue weighted by Gasteiger charge is -2.27. The van der Waals surface area contributed by atoms with E-state index in [1.165, 1.54) is 0 Å². The Morgan fingerprint density at radius 1 is 0.437 bits per heavy atom. The number of hydrogen-bond donors (Lipinski definition) is 2. The lowest BCUT2D eigenvalue weighted by molar-refractivity contribution is -1.05. The topological polar surface area (TPSA) is 198 Å². The molecule has 18 heteroatoms. The van der Waals surface area contributed by atoms with Crippen molar-refractivity contribution >= 4 is 35.8 Å². The lowest BCUT2D eigenvalue weighted by Crippen LogP contribution is -3.00. The van der Waals surface area contributed by atoms with Crippen molar-refractivity contribution in [2.24, 2.45) is 0 Å². The highest BCUT2D eigenvalue weighted by atomic mass is 35.5. The summed E-state index contributed by atoms with van der Waals surface area (Å²) in [7, 11) is 6.48. The van der Waals surface area contributed by atoms with Crippen molar-refractivity contribution in [3.63, 3.8) is 0 Å². The van der Waals surface area contributed by atoms with Gasteiger partial charge in [0.15, 0.2) is 0 Å². The van der Waals surface area contributed by atoms with Gasteiger partial charge < -0.3 is 54.0 Å². The number of nitrogens with zero attached hydrogens (tertiary/aromatic N) is 2. The third-order valence-electron chi connectivity index (χ3n) is 11.3. The predicted octanol–water partition coefficient (Wildman–Crippen LogP) is 3.42. The van der Waals surface area contributed by atoms with Crippen LogP contribution in [-0.2, 0) is 57.4 Å². The number of likely N-dealkylation sites (N-methyl/N-ethyl adjacent to an activating group) is 2. The van der Waals surface area contributed by atoms with Crippen molar-refractivity contribution in [3.05, 3.63) is 24.3 Å². The smallest absolute Gasteiger partial charge is 0.366 e. The first kappa shape index (κ1) is 72.0. The number of carbonyl (C=O) groups excluding carboxylic acids is 6. The van der Waals surface area contributed by atoms with Gasteiger partial charge in [-0.25, -0.2) is 19.2 Å². The maximum atomic E-state index is 12.7. The normalized spacial score (nSPS) is 13.3. The van der Waals surface area contributed by atoms with E-state index in [0.717, 1.165) is 116 Å². The summed E-state index contributed by atoms with van der Waals surface area (Å²) in [4.78, 5) is 83.9. The molecule has 0 saturated heterocycles. The Bertz CT molecular complexity index is 1480. The van der Waals surface area contributed by atoms with Crippen LogP contribution in [0.2, 0.25) is 0 Å². The first-order valence-electron chi connectivity index (χ1n) is 26.4. The van der Waals surface area contributed by atoms with Crippen LogP contribution in [0.4, 0.5) is 0 Å². The highest BCUT2D eigenvalue weighted by Crippen LogP contribution is 2.18. The second kappa shape index (κ2) is 45.3. The Labute approximate surface area is 440 Å². The monoisotopic (exact) mass is 1050 g/mol. The Morgan fingerprint density at radius 3 is 1.20 bits per heavy atom. The number of aliphatic hydroxyl groups excluding tert-OH is 2. The predicted molar refractivity (Wildman–Crippen MR) is 265 cm³/mol. The summed E-state index contributed by atoms with van der Waals surface area (Å²) < 4.78 is 21.3. The molecule has 0 radical (unpaired) electrons. The zero-order valence-corrected chi connectivity index (χ0v) is 46.5. The van der Waals surface area contributed by atoms with Crippen molar-refractivity contribution in [1.29, 1.82) is 0 Å². The molecular formula is C53H96Cl2N2O14. The number of unbranched alkanes of at least 4 members (excludes halogenated alkanes) is 14. The Balaban J connectivity index is -0.0000231. The number of aliphatic hydroxyl groups is 2. The SMILES string of the molecule is CCCCCC(OC(=O)C[N+](C)(C)OC(=O)CC)C(O)C/C=C\CCCCCCCC(=O)OCCOC(=O)CCCCCCC/C=C\CC(O)C(CCCCC)OC(=O)C[N+](C)(C)OC(=O)CCC.[Cl-].[Cl-]. The van der Waals surface area contributed by atoms with Gasteiger partial charge in [-0.2, -0.15) is 0 Å². The number of quaternary nitrogens is 2. The molecule has 0 aliphatic carbocycles. The van der Waals surface area contributed by atoms with E-state index in [1.54, 1.807) is 35.1 Å². The molecule has 0 saturated carbocycles. The van der Waals surface area contributed by atoms with Gasteiger partial charge in [0.05, 0.1) is 18.6 Å². The van der Waals surface area contributed by atoms with Gasteiger partial charge in [-0.15, -0.1) is 9.29 Å². The van der Waals surface area contributed by atoms with Crippen LogP contribution in [0.1, 0.15) is 201 Å². The summed E-state index contributed by atoms with van der Waals surface area (Å²) in [5, 5.41) is 21.7. The fourth-order valence-corrected chi connectivity index (χ4v) is 7.40. The van der Waals surface area contributed by atoms with E-state index in [1.807, 2.05) is 31.2 Å². The van der Waals surface area contributed by atoms with Crippen LogP contribution in [0.25, 0.3) is 0 Å². The standard InChI is InChI=1S/C53H96N2O14.2ClH/c1-9-13-27-36-46(66-52(62)42-54(5,6)68-48(58)12-4)44(56)34-29-23-19-15-17-21-25-31-38-49(59)64-40-41-65-50(60)39-32-26-22-18-16-20-24-30-35-45(57)47(37-28-14-10-2)67-53(63)43-55(7,8)69-51(61)33-11-3;;/h23-24,29-30,44-47,56-57H,9-22,25-28,31-43H2,1-8H3;2*1H/q+2;;/p-2/b29-23-,30-24-;;. The number of rotatable bonds is 44. The molecule has 0 aromatic carbocycles. The fourth-order valence-electron chi connectivity index (χ4n) is 7.40. The molecule has 0 aromatic rings. The van der Waals surface area contributed by atoms with Crippen molar-refractivity contribution in [2.45, 2.75) is 225 Å². The van der Waals surface area contributed by atoms with E-state index in [0.29, 0.717) is 44.9 Å². The third-order valence-corrected chi connectivity index (χ3v) is 11.3. The van der Waals surface area contributed by atoms with E-state index in [4.69, 9.17) is 28.6 Å². The summed E-state index contributed by atoms with van der Waals surface area (Å²) >= 11 is 0. The minimum atomic E-state index is -0.828. The minimum absolute atomic E-state index is 0. The summed E-state index contributed by atoms with van der Waals surface area (Å²) in [5.41, 5.74) is 0. The van der Waals surface area contributed by atoms with Crippen LogP contribution in [0, 0.1) is 0 Å². The van der Waals surface area contributed by atoms with Gasteiger partial charge in [-0.1, -0.05) is 116 Å². The molecule has 4 unspecified atom stereocenters. The number of allylic oxidation sites excluding steroid dienone is 2. The number of halogens is 2. The average molecular weight is 1060 g/mol. The van der Waals surface area contributed by atoms with Crippen molar-refractivity contribution in [1.82, 2.24) is 0 Å². The molecule has 0 amide bonds. The summed E-state index contributed by atoms with van der Waals surface area (Å²) in [6.45, 7) is 7.56. The van der Waals surface area contributed by atoms with E-state index in [-0.39, 0.29) is 91.2 Å². The highest BCUT2D eigenvalue weighted by molar-refractivity contribution is 5.72. The van der Waals surface area contributed by atoms with Crippen LogP contribution in [0.5, 0.6) is 0 Å². The van der Waals surface area contributed by atoms with Gasteiger partial charge in [-0.05, 0) is 83.5 Å². The van der Waals surface area contributed by atoms with E-state index < -0.39 is 42.3 Å². The molecule has 416 valence electrons. The zero-order chi connectivity index (χ0) is 51.8. The molecule has 71 heavy (non-hydrogen) atoms. The first-order chi connectivity index (χ1) is 32.9. The quantitative estimate of drug-likeness (QED) is 0.0225. The van der Waals surface area contributed by atoms with E-state index >= 15 is 0 Å². The molecule has 0 aliphatic heterocycles. The maximum Gasteiger partial charge on any atom is 0.366 e. The molecule has 2 N–H and O–H groups in total. The first-order valence-corrected chi connectivity index (χ1v) is 26.4. The lowest BCUT2D eigenvalue weighted by atomic mass is 10.0. The second-order valence-electron chi connectivity index (χ2n) is 19.1. The van der Waals surface area contributed by atoms with E-state index in [2.05, 4.69) is 13.8 Å². The molecule has 0 bridgehead atoms. The van der Waals surface area contributed by atoms with Crippen LogP contribution in [0.3, 0.4) is 0 Å². The van der Waals surface area contributed by atoms with Gasteiger partial charge in [-0.3, -0.25) is 19.3 Å². The fraction of sp³-hybridized carbons (Fsp3) is 0.811. The number of hydroxylamine groups is 6. The molecule has 4 atom stereocenters. The molecule has 16 nitrogen and oxygen atoms in total. The van der Waals surface area contributed by atoms with Crippen LogP contribution in [0.15, 0.2) is 24.3 Å². The molecule has 0 rings (SSSR count). The summed E-state index contributed by atoms with van der Waals surface area (Å²) in [6, 6.07) is 0. The second-order valence-corrected chi connectivity index (χ2v) is 19.1. The number of ether oxygens (including phenoxy) is 4. The van der Waals surface area contributed by atoms with Crippen molar-refractivity contribution in [2.75, 3.05) is 54.5 Å². The molecule has 0 aromatic heterocycles.